The van der Waals surface area contributed by atoms with Crippen LogP contribution in [0.2, 0.25) is 0 Å². The largest absolute Gasteiger partial charge is 0.417 e. The number of benzene rings is 1. The van der Waals surface area contributed by atoms with Gasteiger partial charge in [-0.05, 0) is 18.2 Å². The summed E-state index contributed by atoms with van der Waals surface area (Å²) in [5.74, 6) is -1.19. The van der Waals surface area contributed by atoms with Gasteiger partial charge in [0.05, 0.1) is 11.1 Å². The molecule has 9 heteroatoms. The van der Waals surface area contributed by atoms with E-state index < -0.39 is 42.3 Å². The number of halogens is 6. The second kappa shape index (κ2) is 6.49. The standard InChI is InChI=1S/C11H9BrF5NO2/c12-5-1-2-6(7(3-5)11(15,16)17)10(20)18-4-8(19)9(13)14/h1-3,8-9,19H,4H2,(H,18,20). The summed E-state index contributed by atoms with van der Waals surface area (Å²) in [6, 6.07) is 2.84. The summed E-state index contributed by atoms with van der Waals surface area (Å²) >= 11 is 2.85. The number of nitrogens with one attached hydrogen (secondary N) is 1. The maximum Gasteiger partial charge on any atom is 0.417 e. The lowest BCUT2D eigenvalue weighted by Crippen LogP contribution is -2.36. The summed E-state index contributed by atoms with van der Waals surface area (Å²) in [5.41, 5.74) is -1.90. The van der Waals surface area contributed by atoms with Crippen molar-refractivity contribution in [1.82, 2.24) is 5.32 Å². The van der Waals surface area contributed by atoms with E-state index in [1.54, 1.807) is 0 Å². The number of aliphatic hydroxyl groups is 1. The van der Waals surface area contributed by atoms with Crippen molar-refractivity contribution in [1.29, 1.82) is 0 Å². The van der Waals surface area contributed by atoms with Crippen LogP contribution < -0.4 is 5.32 Å². The molecule has 1 unspecified atom stereocenters. The van der Waals surface area contributed by atoms with Crippen molar-refractivity contribution in [2.45, 2.75) is 18.7 Å². The molecule has 0 heterocycles. The lowest BCUT2D eigenvalue weighted by atomic mass is 10.1. The van der Waals surface area contributed by atoms with Crippen molar-refractivity contribution in [2.24, 2.45) is 0 Å². The Morgan fingerprint density at radius 2 is 1.95 bits per heavy atom. The third kappa shape index (κ3) is 4.41. The maximum absolute atomic E-state index is 12.7. The predicted octanol–water partition coefficient (Wildman–Crippen LogP) is 2.82. The zero-order valence-electron chi connectivity index (χ0n) is 9.72. The third-order valence-corrected chi connectivity index (χ3v) is 2.79. The first kappa shape index (κ1) is 16.8. The third-order valence-electron chi connectivity index (χ3n) is 2.29. The summed E-state index contributed by atoms with van der Waals surface area (Å²) < 4.78 is 62.4. The molecule has 1 aromatic rings. The zero-order chi connectivity index (χ0) is 15.5. The van der Waals surface area contributed by atoms with E-state index in [9.17, 15) is 26.7 Å². The van der Waals surface area contributed by atoms with Crippen molar-refractivity contribution in [3.8, 4) is 0 Å². The van der Waals surface area contributed by atoms with Crippen molar-refractivity contribution < 1.29 is 31.9 Å². The Morgan fingerprint density at radius 3 is 2.45 bits per heavy atom. The highest BCUT2D eigenvalue weighted by Crippen LogP contribution is 2.33. The Labute approximate surface area is 118 Å². The number of hydrogen-bond donors (Lipinski definition) is 2. The number of carbonyl (C=O) groups is 1. The summed E-state index contributed by atoms with van der Waals surface area (Å²) in [4.78, 5) is 11.6. The summed E-state index contributed by atoms with van der Waals surface area (Å²) in [6.45, 7) is -0.843. The van der Waals surface area contributed by atoms with Gasteiger partial charge in [0.1, 0.15) is 6.10 Å². The van der Waals surface area contributed by atoms with Gasteiger partial charge in [-0.1, -0.05) is 15.9 Å². The Kier molecular flexibility index (Phi) is 5.46. The lowest BCUT2D eigenvalue weighted by molar-refractivity contribution is -0.138. The van der Waals surface area contributed by atoms with Crippen LogP contribution in [0.3, 0.4) is 0 Å². The van der Waals surface area contributed by atoms with Gasteiger partial charge < -0.3 is 10.4 Å². The molecular weight excluding hydrogens is 353 g/mol. The minimum atomic E-state index is -4.77. The van der Waals surface area contributed by atoms with Crippen LogP contribution in [0.4, 0.5) is 22.0 Å². The van der Waals surface area contributed by atoms with Crippen LogP contribution in [0, 0.1) is 0 Å². The van der Waals surface area contributed by atoms with Gasteiger partial charge in [0.25, 0.3) is 12.3 Å². The molecule has 2 N–H and O–H groups in total. The monoisotopic (exact) mass is 361 g/mol. The van der Waals surface area contributed by atoms with E-state index in [0.29, 0.717) is 6.07 Å². The van der Waals surface area contributed by atoms with E-state index in [1.807, 2.05) is 5.32 Å². The summed E-state index contributed by atoms with van der Waals surface area (Å²) in [7, 11) is 0. The molecule has 0 bridgehead atoms. The topological polar surface area (TPSA) is 49.3 Å². The van der Waals surface area contributed by atoms with Gasteiger partial charge in [0.2, 0.25) is 0 Å². The second-order valence-electron chi connectivity index (χ2n) is 3.80. The van der Waals surface area contributed by atoms with Gasteiger partial charge in [-0.2, -0.15) is 13.2 Å². The van der Waals surface area contributed by atoms with E-state index >= 15 is 0 Å². The van der Waals surface area contributed by atoms with Gasteiger partial charge in [0, 0.05) is 11.0 Å². The minimum Gasteiger partial charge on any atom is -0.385 e. The number of aliphatic hydroxyl groups excluding tert-OH is 1. The van der Waals surface area contributed by atoms with Crippen molar-refractivity contribution in [3.63, 3.8) is 0 Å². The molecule has 1 rings (SSSR count). The average Bonchev–Trinajstić information content (AvgIpc) is 2.34. The van der Waals surface area contributed by atoms with Gasteiger partial charge in [0.15, 0.2) is 0 Å². The van der Waals surface area contributed by atoms with E-state index in [1.165, 1.54) is 6.07 Å². The molecule has 1 aromatic carbocycles. The molecule has 0 radical (unpaired) electrons. The highest BCUT2D eigenvalue weighted by molar-refractivity contribution is 9.10. The lowest BCUT2D eigenvalue weighted by Gasteiger charge is -2.15. The van der Waals surface area contributed by atoms with Crippen LogP contribution in [0.25, 0.3) is 0 Å². The number of carbonyl (C=O) groups excluding carboxylic acids is 1. The molecule has 1 amide bonds. The SMILES string of the molecule is O=C(NCC(O)C(F)F)c1ccc(Br)cc1C(F)(F)F. The zero-order valence-corrected chi connectivity index (χ0v) is 11.3. The van der Waals surface area contributed by atoms with E-state index in [2.05, 4.69) is 15.9 Å². The van der Waals surface area contributed by atoms with Crippen molar-refractivity contribution in [3.05, 3.63) is 33.8 Å². The molecule has 0 saturated carbocycles. The van der Waals surface area contributed by atoms with E-state index in [-0.39, 0.29) is 4.47 Å². The molecular formula is C11H9BrF5NO2. The first-order chi connectivity index (χ1) is 9.12. The fourth-order valence-electron chi connectivity index (χ4n) is 1.33. The molecule has 3 nitrogen and oxygen atoms in total. The van der Waals surface area contributed by atoms with Crippen molar-refractivity contribution >= 4 is 21.8 Å². The maximum atomic E-state index is 12.7. The predicted molar refractivity (Wildman–Crippen MR) is 63.5 cm³/mol. The normalized spacial score (nSPS) is 13.4. The summed E-state index contributed by atoms with van der Waals surface area (Å²) in [5, 5.41) is 10.6. The fourth-order valence-corrected chi connectivity index (χ4v) is 1.69. The molecule has 0 saturated heterocycles. The fraction of sp³-hybridized carbons (Fsp3) is 0.364. The van der Waals surface area contributed by atoms with Gasteiger partial charge in [-0.15, -0.1) is 0 Å². The smallest absolute Gasteiger partial charge is 0.385 e. The van der Waals surface area contributed by atoms with Gasteiger partial charge in [-0.25, -0.2) is 8.78 Å². The Bertz CT molecular complexity index is 492. The van der Waals surface area contributed by atoms with Crippen LogP contribution in [0.1, 0.15) is 15.9 Å². The van der Waals surface area contributed by atoms with E-state index in [4.69, 9.17) is 5.11 Å². The summed E-state index contributed by atoms with van der Waals surface area (Å²) in [6.07, 6.45) is -10.00. The minimum absolute atomic E-state index is 0.119. The molecule has 20 heavy (non-hydrogen) atoms. The molecule has 1 atom stereocenters. The molecule has 0 aliphatic heterocycles. The van der Waals surface area contributed by atoms with Crippen LogP contribution in [-0.2, 0) is 6.18 Å². The van der Waals surface area contributed by atoms with Crippen LogP contribution in [0.15, 0.2) is 22.7 Å². The average molecular weight is 362 g/mol. The number of rotatable bonds is 4. The van der Waals surface area contributed by atoms with Crippen LogP contribution in [0.5, 0.6) is 0 Å². The van der Waals surface area contributed by atoms with Crippen molar-refractivity contribution in [2.75, 3.05) is 6.54 Å². The molecule has 0 aliphatic rings. The molecule has 0 fully saturated rings. The first-order valence-corrected chi connectivity index (χ1v) is 6.03. The molecule has 112 valence electrons. The molecule has 0 aromatic heterocycles. The molecule has 0 aliphatic carbocycles. The number of amides is 1. The van der Waals surface area contributed by atoms with Crippen LogP contribution in [-0.4, -0.2) is 30.1 Å². The van der Waals surface area contributed by atoms with Gasteiger partial charge in [-0.3, -0.25) is 4.79 Å². The Hall–Kier alpha value is -1.22. The molecule has 0 spiro atoms. The number of alkyl halides is 5. The first-order valence-electron chi connectivity index (χ1n) is 5.24. The Balaban J connectivity index is 2.93. The van der Waals surface area contributed by atoms with E-state index in [0.717, 1.165) is 6.07 Å². The number of hydrogen-bond acceptors (Lipinski definition) is 2. The highest BCUT2D eigenvalue weighted by atomic mass is 79.9. The Morgan fingerprint density at radius 1 is 1.35 bits per heavy atom. The second-order valence-corrected chi connectivity index (χ2v) is 4.72. The van der Waals surface area contributed by atoms with Gasteiger partial charge >= 0.3 is 6.18 Å². The van der Waals surface area contributed by atoms with Crippen LogP contribution >= 0.6 is 15.9 Å². The highest BCUT2D eigenvalue weighted by Gasteiger charge is 2.35. The quantitative estimate of drug-likeness (QED) is 0.810.